The molecular weight excluding hydrogens is 306 g/mol. The van der Waals surface area contributed by atoms with E-state index in [1.54, 1.807) is 0 Å². The van der Waals surface area contributed by atoms with Crippen LogP contribution in [0.1, 0.15) is 43.6 Å². The number of rotatable bonds is 3. The van der Waals surface area contributed by atoms with Crippen LogP contribution in [0.5, 0.6) is 0 Å². The number of piperidine rings is 1. The van der Waals surface area contributed by atoms with Gasteiger partial charge in [0.1, 0.15) is 5.69 Å². The van der Waals surface area contributed by atoms with Crippen molar-refractivity contribution in [2.45, 2.75) is 51.7 Å². The van der Waals surface area contributed by atoms with Gasteiger partial charge in [-0.2, -0.15) is 0 Å². The fraction of sp³-hybridized carbons (Fsp3) is 0.643. The van der Waals surface area contributed by atoms with Gasteiger partial charge in [-0.05, 0) is 55.1 Å². The Hall–Kier alpha value is -0.810. The molecule has 106 valence electrons. The highest BCUT2D eigenvalue weighted by atomic mass is 79.9. The van der Waals surface area contributed by atoms with Crippen LogP contribution in [-0.2, 0) is 6.54 Å². The van der Waals surface area contributed by atoms with Crippen molar-refractivity contribution in [2.24, 2.45) is 5.73 Å². The summed E-state index contributed by atoms with van der Waals surface area (Å²) >= 11 is 3.44. The molecule has 2 unspecified atom stereocenters. The Morgan fingerprint density at radius 1 is 1.58 bits per heavy atom. The summed E-state index contributed by atoms with van der Waals surface area (Å²) in [5, 5.41) is 0. The molecule has 1 amide bonds. The zero-order valence-corrected chi connectivity index (χ0v) is 13.2. The summed E-state index contributed by atoms with van der Waals surface area (Å²) < 4.78 is 2.94. The lowest BCUT2D eigenvalue weighted by molar-refractivity contribution is 0.0573. The molecule has 1 aromatic heterocycles. The Bertz CT molecular complexity index is 456. The zero-order valence-electron chi connectivity index (χ0n) is 11.6. The molecule has 2 N–H and O–H groups in total. The van der Waals surface area contributed by atoms with Crippen LogP contribution in [0.3, 0.4) is 0 Å². The summed E-state index contributed by atoms with van der Waals surface area (Å²) in [5.41, 5.74) is 6.79. The van der Waals surface area contributed by atoms with E-state index in [1.807, 2.05) is 35.6 Å². The summed E-state index contributed by atoms with van der Waals surface area (Å²) in [6.45, 7) is 5.65. The summed E-state index contributed by atoms with van der Waals surface area (Å²) in [6.07, 6.45) is 5.20. The van der Waals surface area contributed by atoms with Crippen LogP contribution in [0.15, 0.2) is 16.7 Å². The van der Waals surface area contributed by atoms with E-state index in [0.717, 1.165) is 42.5 Å². The number of nitrogens with zero attached hydrogens (tertiary/aromatic N) is 2. The highest BCUT2D eigenvalue weighted by Crippen LogP contribution is 2.23. The molecule has 0 radical (unpaired) electrons. The van der Waals surface area contributed by atoms with Gasteiger partial charge in [0.2, 0.25) is 0 Å². The van der Waals surface area contributed by atoms with E-state index in [0.29, 0.717) is 0 Å². The van der Waals surface area contributed by atoms with Gasteiger partial charge in [0, 0.05) is 35.8 Å². The maximum atomic E-state index is 12.7. The number of nitrogens with two attached hydrogens (primary N) is 1. The molecule has 0 spiro atoms. The van der Waals surface area contributed by atoms with Gasteiger partial charge in [-0.25, -0.2) is 0 Å². The highest BCUT2D eigenvalue weighted by molar-refractivity contribution is 9.10. The van der Waals surface area contributed by atoms with Crippen molar-refractivity contribution in [1.29, 1.82) is 0 Å². The van der Waals surface area contributed by atoms with Gasteiger partial charge in [-0.15, -0.1) is 0 Å². The summed E-state index contributed by atoms with van der Waals surface area (Å²) in [5.74, 6) is 0.106. The maximum absolute atomic E-state index is 12.7. The van der Waals surface area contributed by atoms with Crippen molar-refractivity contribution >= 4 is 21.8 Å². The fourth-order valence-electron chi connectivity index (χ4n) is 2.82. The number of aromatic nitrogens is 1. The molecule has 5 heteroatoms. The van der Waals surface area contributed by atoms with Crippen molar-refractivity contribution in [3.8, 4) is 0 Å². The van der Waals surface area contributed by atoms with Crippen molar-refractivity contribution < 1.29 is 4.79 Å². The van der Waals surface area contributed by atoms with Crippen LogP contribution >= 0.6 is 15.9 Å². The van der Waals surface area contributed by atoms with Crippen molar-refractivity contribution in [3.63, 3.8) is 0 Å². The predicted octanol–water partition coefficient (Wildman–Crippen LogP) is 2.61. The van der Waals surface area contributed by atoms with E-state index in [4.69, 9.17) is 5.73 Å². The Morgan fingerprint density at radius 3 is 2.95 bits per heavy atom. The lowest BCUT2D eigenvalue weighted by atomic mass is 9.96. The number of hydrogen-bond donors (Lipinski definition) is 1. The zero-order chi connectivity index (χ0) is 14.0. The Morgan fingerprint density at radius 2 is 2.32 bits per heavy atom. The Balaban J connectivity index is 2.26. The third-order valence-electron chi connectivity index (χ3n) is 3.84. The van der Waals surface area contributed by atoms with Gasteiger partial charge < -0.3 is 15.2 Å². The van der Waals surface area contributed by atoms with Gasteiger partial charge >= 0.3 is 0 Å². The standard InChI is InChI=1S/C14H22BrN3O/c1-3-17-9-11(15)8-13(17)14(19)18-7-5-4-6-12(18)10(2)16/h8-10,12H,3-7,16H2,1-2H3. The number of aryl methyl sites for hydroxylation is 1. The lowest BCUT2D eigenvalue weighted by Gasteiger charge is -2.38. The monoisotopic (exact) mass is 327 g/mol. The molecule has 1 fully saturated rings. The summed E-state index contributed by atoms with van der Waals surface area (Å²) in [4.78, 5) is 14.7. The first kappa shape index (κ1) is 14.6. The van der Waals surface area contributed by atoms with Crippen LogP contribution in [0, 0.1) is 0 Å². The molecular formula is C14H22BrN3O. The van der Waals surface area contributed by atoms with Crippen LogP contribution < -0.4 is 5.73 Å². The number of likely N-dealkylation sites (tertiary alicyclic amines) is 1. The van der Waals surface area contributed by atoms with E-state index in [1.165, 1.54) is 0 Å². The second kappa shape index (κ2) is 6.09. The molecule has 19 heavy (non-hydrogen) atoms. The minimum absolute atomic E-state index is 0.0257. The van der Waals surface area contributed by atoms with Gasteiger partial charge in [0.25, 0.3) is 5.91 Å². The van der Waals surface area contributed by atoms with Crippen molar-refractivity contribution in [2.75, 3.05) is 6.54 Å². The van der Waals surface area contributed by atoms with Gasteiger partial charge in [-0.3, -0.25) is 4.79 Å². The first-order valence-corrected chi connectivity index (χ1v) is 7.76. The Labute approximate surface area is 123 Å². The molecule has 1 saturated heterocycles. The second-order valence-corrected chi connectivity index (χ2v) is 6.17. The molecule has 2 rings (SSSR count). The topological polar surface area (TPSA) is 51.3 Å². The molecule has 0 aliphatic carbocycles. The quantitative estimate of drug-likeness (QED) is 0.927. The van der Waals surface area contributed by atoms with E-state index < -0.39 is 0 Å². The largest absolute Gasteiger partial charge is 0.343 e. The van der Waals surface area contributed by atoms with Crippen LogP contribution in [0.25, 0.3) is 0 Å². The highest BCUT2D eigenvalue weighted by Gasteiger charge is 2.31. The third kappa shape index (κ3) is 3.03. The molecule has 1 aliphatic heterocycles. The van der Waals surface area contributed by atoms with E-state index >= 15 is 0 Å². The number of hydrogen-bond acceptors (Lipinski definition) is 2. The minimum atomic E-state index is 0.0257. The molecule has 1 aromatic rings. The maximum Gasteiger partial charge on any atom is 0.270 e. The summed E-state index contributed by atoms with van der Waals surface area (Å²) in [7, 11) is 0. The van der Waals surface area contributed by atoms with Crippen molar-refractivity contribution in [1.82, 2.24) is 9.47 Å². The van der Waals surface area contributed by atoms with Gasteiger partial charge in [0.05, 0.1) is 0 Å². The predicted molar refractivity (Wildman–Crippen MR) is 80.1 cm³/mol. The molecule has 2 atom stereocenters. The van der Waals surface area contributed by atoms with E-state index in [9.17, 15) is 4.79 Å². The van der Waals surface area contributed by atoms with Crippen LogP contribution in [-0.4, -0.2) is 34.0 Å². The van der Waals surface area contributed by atoms with Crippen LogP contribution in [0.4, 0.5) is 0 Å². The lowest BCUT2D eigenvalue weighted by Crippen LogP contribution is -2.52. The SMILES string of the molecule is CCn1cc(Br)cc1C(=O)N1CCCCC1C(C)N. The summed E-state index contributed by atoms with van der Waals surface area (Å²) in [6, 6.07) is 2.09. The normalized spacial score (nSPS) is 21.5. The number of amides is 1. The first-order chi connectivity index (χ1) is 9.04. The average Bonchev–Trinajstić information content (AvgIpc) is 2.79. The first-order valence-electron chi connectivity index (χ1n) is 6.96. The smallest absolute Gasteiger partial charge is 0.270 e. The number of carbonyl (C=O) groups is 1. The Kier molecular flexibility index (Phi) is 4.68. The number of halogens is 1. The van der Waals surface area contributed by atoms with E-state index in [-0.39, 0.29) is 18.0 Å². The fourth-order valence-corrected chi connectivity index (χ4v) is 3.28. The molecule has 1 aliphatic rings. The number of carbonyl (C=O) groups excluding carboxylic acids is 1. The molecule has 2 heterocycles. The molecule has 0 saturated carbocycles. The van der Waals surface area contributed by atoms with Crippen LogP contribution in [0.2, 0.25) is 0 Å². The van der Waals surface area contributed by atoms with Gasteiger partial charge in [-0.1, -0.05) is 0 Å². The minimum Gasteiger partial charge on any atom is -0.343 e. The average molecular weight is 328 g/mol. The molecule has 4 nitrogen and oxygen atoms in total. The molecule has 0 bridgehead atoms. The third-order valence-corrected chi connectivity index (χ3v) is 4.27. The second-order valence-electron chi connectivity index (χ2n) is 5.25. The molecule has 0 aromatic carbocycles. The van der Waals surface area contributed by atoms with E-state index in [2.05, 4.69) is 15.9 Å². The van der Waals surface area contributed by atoms with Crippen molar-refractivity contribution in [3.05, 3.63) is 22.4 Å². The van der Waals surface area contributed by atoms with Gasteiger partial charge in [0.15, 0.2) is 0 Å².